The summed E-state index contributed by atoms with van der Waals surface area (Å²) in [6.45, 7) is 0.786. The molecular weight excluding hydrogens is 260 g/mol. The first-order valence-electron chi connectivity index (χ1n) is 6.79. The number of fused-ring (bicyclic) bond motifs is 1. The number of para-hydroxylation sites is 1. The summed E-state index contributed by atoms with van der Waals surface area (Å²) in [5.41, 5.74) is 2.18. The van der Waals surface area contributed by atoms with Crippen LogP contribution in [-0.4, -0.2) is 24.2 Å². The molecule has 1 fully saturated rings. The summed E-state index contributed by atoms with van der Waals surface area (Å²) in [6, 6.07) is 8.67. The molecule has 0 spiro atoms. The van der Waals surface area contributed by atoms with Crippen LogP contribution in [0.5, 0.6) is 0 Å². The summed E-state index contributed by atoms with van der Waals surface area (Å²) in [7, 11) is 1.79. The van der Waals surface area contributed by atoms with E-state index in [9.17, 15) is 0 Å². The summed E-state index contributed by atoms with van der Waals surface area (Å²) >= 11 is 6.40. The zero-order chi connectivity index (χ0) is 13.2. The van der Waals surface area contributed by atoms with Crippen LogP contribution in [0.25, 0.3) is 10.9 Å². The van der Waals surface area contributed by atoms with Gasteiger partial charge in [0.15, 0.2) is 0 Å². The second kappa shape index (κ2) is 5.53. The number of aromatic nitrogens is 1. The molecule has 0 bridgehead atoms. The van der Waals surface area contributed by atoms with Crippen LogP contribution < -0.4 is 5.32 Å². The lowest BCUT2D eigenvalue weighted by atomic mass is 10.2. The molecule has 2 unspecified atom stereocenters. The Morgan fingerprint density at radius 2 is 2.21 bits per heavy atom. The van der Waals surface area contributed by atoms with Crippen LogP contribution in [0.1, 0.15) is 25.0 Å². The van der Waals surface area contributed by atoms with Crippen molar-refractivity contribution in [3.63, 3.8) is 0 Å². The van der Waals surface area contributed by atoms with Gasteiger partial charge in [-0.15, -0.1) is 0 Å². The molecule has 3 rings (SSSR count). The number of ether oxygens (including phenoxy) is 1. The van der Waals surface area contributed by atoms with Crippen LogP contribution in [0.2, 0.25) is 5.02 Å². The molecule has 1 saturated carbocycles. The molecule has 1 heterocycles. The number of rotatable bonds is 4. The number of aromatic amines is 1. The van der Waals surface area contributed by atoms with E-state index in [2.05, 4.69) is 16.4 Å². The highest BCUT2D eigenvalue weighted by molar-refractivity contribution is 6.36. The Morgan fingerprint density at radius 3 is 2.95 bits per heavy atom. The molecule has 2 N–H and O–H groups in total. The summed E-state index contributed by atoms with van der Waals surface area (Å²) in [5, 5.41) is 5.50. The summed E-state index contributed by atoms with van der Waals surface area (Å²) < 4.78 is 5.39. The van der Waals surface area contributed by atoms with Gasteiger partial charge in [0, 0.05) is 36.3 Å². The number of methoxy groups -OCH3 is 1. The van der Waals surface area contributed by atoms with Crippen molar-refractivity contribution in [3.05, 3.63) is 35.0 Å². The predicted octanol–water partition coefficient (Wildman–Crippen LogP) is 3.48. The maximum atomic E-state index is 6.40. The minimum absolute atomic E-state index is 0.413. The standard InChI is InChI=1S/C15H19ClN2O/c1-19-11-7-6-10(8-11)17-9-14-15(16)12-4-2-3-5-13(12)18-14/h2-5,10-11,17-18H,6-9H2,1H3. The molecule has 2 atom stereocenters. The van der Waals surface area contributed by atoms with Crippen LogP contribution in [0.4, 0.5) is 0 Å². The van der Waals surface area contributed by atoms with Gasteiger partial charge in [0.2, 0.25) is 0 Å². The number of nitrogens with one attached hydrogen (secondary N) is 2. The third-order valence-corrected chi connectivity index (χ3v) is 4.43. The topological polar surface area (TPSA) is 37.0 Å². The van der Waals surface area contributed by atoms with Crippen LogP contribution in [-0.2, 0) is 11.3 Å². The molecule has 1 aliphatic rings. The van der Waals surface area contributed by atoms with Gasteiger partial charge in [0.05, 0.1) is 11.1 Å². The van der Waals surface area contributed by atoms with Crippen molar-refractivity contribution < 1.29 is 4.74 Å². The van der Waals surface area contributed by atoms with Gasteiger partial charge in [-0.2, -0.15) is 0 Å². The Kier molecular flexibility index (Phi) is 3.78. The van der Waals surface area contributed by atoms with Crippen molar-refractivity contribution in [2.45, 2.75) is 38.0 Å². The minimum Gasteiger partial charge on any atom is -0.381 e. The number of H-pyrrole nitrogens is 1. The number of benzene rings is 1. The Balaban J connectivity index is 1.67. The van der Waals surface area contributed by atoms with Gasteiger partial charge < -0.3 is 15.0 Å². The van der Waals surface area contributed by atoms with E-state index in [0.29, 0.717) is 12.1 Å². The smallest absolute Gasteiger partial charge is 0.0705 e. The van der Waals surface area contributed by atoms with E-state index >= 15 is 0 Å². The lowest BCUT2D eigenvalue weighted by molar-refractivity contribution is 0.107. The first-order valence-corrected chi connectivity index (χ1v) is 7.17. The Labute approximate surface area is 118 Å². The fourth-order valence-electron chi connectivity index (χ4n) is 2.87. The van der Waals surface area contributed by atoms with Gasteiger partial charge in [-0.05, 0) is 25.3 Å². The van der Waals surface area contributed by atoms with E-state index in [-0.39, 0.29) is 0 Å². The van der Waals surface area contributed by atoms with Crippen molar-refractivity contribution in [3.8, 4) is 0 Å². The lowest BCUT2D eigenvalue weighted by Gasteiger charge is -2.12. The monoisotopic (exact) mass is 278 g/mol. The molecule has 1 aromatic carbocycles. The van der Waals surface area contributed by atoms with E-state index in [0.717, 1.165) is 41.0 Å². The van der Waals surface area contributed by atoms with Crippen LogP contribution in [0.15, 0.2) is 24.3 Å². The molecule has 1 aliphatic carbocycles. The quantitative estimate of drug-likeness (QED) is 0.898. The molecule has 4 heteroatoms. The van der Waals surface area contributed by atoms with Gasteiger partial charge in [-0.3, -0.25) is 0 Å². The van der Waals surface area contributed by atoms with Crippen LogP contribution >= 0.6 is 11.6 Å². The van der Waals surface area contributed by atoms with Crippen LogP contribution in [0, 0.1) is 0 Å². The first-order chi connectivity index (χ1) is 9.28. The lowest BCUT2D eigenvalue weighted by Crippen LogP contribution is -2.26. The van der Waals surface area contributed by atoms with E-state index in [1.807, 2.05) is 18.2 Å². The van der Waals surface area contributed by atoms with E-state index in [4.69, 9.17) is 16.3 Å². The first kappa shape index (κ1) is 13.0. The third-order valence-electron chi connectivity index (χ3n) is 4.00. The van der Waals surface area contributed by atoms with Crippen LogP contribution in [0.3, 0.4) is 0 Å². The molecule has 1 aromatic heterocycles. The summed E-state index contributed by atoms with van der Waals surface area (Å²) in [5.74, 6) is 0. The van der Waals surface area contributed by atoms with Crippen molar-refractivity contribution in [1.29, 1.82) is 0 Å². The van der Waals surface area contributed by atoms with Gasteiger partial charge >= 0.3 is 0 Å². The number of halogens is 1. The largest absolute Gasteiger partial charge is 0.381 e. The predicted molar refractivity (Wildman–Crippen MR) is 78.6 cm³/mol. The van der Waals surface area contributed by atoms with Gasteiger partial charge in [-0.25, -0.2) is 0 Å². The van der Waals surface area contributed by atoms with Crippen molar-refractivity contribution in [2.75, 3.05) is 7.11 Å². The maximum absolute atomic E-state index is 6.40. The summed E-state index contributed by atoms with van der Waals surface area (Å²) in [4.78, 5) is 3.39. The molecule has 0 radical (unpaired) electrons. The SMILES string of the molecule is COC1CCC(NCc2[nH]c3ccccc3c2Cl)C1. The fourth-order valence-corrected chi connectivity index (χ4v) is 3.15. The van der Waals surface area contributed by atoms with Crippen molar-refractivity contribution >= 4 is 22.5 Å². The molecule has 0 saturated heterocycles. The minimum atomic E-state index is 0.413. The average Bonchev–Trinajstić information content (AvgIpc) is 3.02. The molecule has 102 valence electrons. The molecular formula is C15H19ClN2O. The molecule has 0 amide bonds. The van der Waals surface area contributed by atoms with E-state index < -0.39 is 0 Å². The zero-order valence-electron chi connectivity index (χ0n) is 11.1. The van der Waals surface area contributed by atoms with Crippen molar-refractivity contribution in [2.24, 2.45) is 0 Å². The second-order valence-electron chi connectivity index (χ2n) is 5.21. The zero-order valence-corrected chi connectivity index (χ0v) is 11.8. The highest BCUT2D eigenvalue weighted by atomic mass is 35.5. The maximum Gasteiger partial charge on any atom is 0.0705 e. The van der Waals surface area contributed by atoms with Gasteiger partial charge in [0.1, 0.15) is 0 Å². The third kappa shape index (κ3) is 2.64. The number of hydrogen-bond donors (Lipinski definition) is 2. The Morgan fingerprint density at radius 1 is 1.37 bits per heavy atom. The van der Waals surface area contributed by atoms with Gasteiger partial charge in [-0.1, -0.05) is 29.8 Å². The number of hydrogen-bond acceptors (Lipinski definition) is 2. The second-order valence-corrected chi connectivity index (χ2v) is 5.59. The Hall–Kier alpha value is -1.03. The normalized spacial score (nSPS) is 23.3. The van der Waals surface area contributed by atoms with Gasteiger partial charge in [0.25, 0.3) is 0 Å². The highest BCUT2D eigenvalue weighted by Gasteiger charge is 2.24. The fraction of sp³-hybridized carbons (Fsp3) is 0.467. The molecule has 0 aliphatic heterocycles. The van der Waals surface area contributed by atoms with Crippen molar-refractivity contribution in [1.82, 2.24) is 10.3 Å². The highest BCUT2D eigenvalue weighted by Crippen LogP contribution is 2.28. The van der Waals surface area contributed by atoms with E-state index in [1.165, 1.54) is 6.42 Å². The molecule has 2 aromatic rings. The average molecular weight is 279 g/mol. The van der Waals surface area contributed by atoms with E-state index in [1.54, 1.807) is 7.11 Å². The summed E-state index contributed by atoms with van der Waals surface area (Å²) in [6.07, 6.45) is 3.83. The molecule has 19 heavy (non-hydrogen) atoms. The molecule has 3 nitrogen and oxygen atoms in total. The Bertz CT molecular complexity index is 566.